The van der Waals surface area contributed by atoms with Gasteiger partial charge in [0.15, 0.2) is 0 Å². The number of aromatic nitrogens is 4. The van der Waals surface area contributed by atoms with Gasteiger partial charge in [0.25, 0.3) is 0 Å². The van der Waals surface area contributed by atoms with Crippen LogP contribution in [0.4, 0.5) is 0 Å². The Morgan fingerprint density at radius 3 is 2.96 bits per heavy atom. The van der Waals surface area contributed by atoms with E-state index >= 15 is 0 Å². The van der Waals surface area contributed by atoms with Crippen LogP contribution in [0.3, 0.4) is 0 Å². The number of nitrogens with zero attached hydrogens (tertiary/aromatic N) is 4. The Labute approximate surface area is 136 Å². The Kier molecular flexibility index (Phi) is 4.24. The molecular weight excluding hydrogens is 290 g/mol. The van der Waals surface area contributed by atoms with Gasteiger partial charge in [-0.05, 0) is 12.8 Å². The molecule has 2 aromatic rings. The first-order chi connectivity index (χ1) is 11.0. The highest BCUT2D eigenvalue weighted by Crippen LogP contribution is 2.27. The van der Waals surface area contributed by atoms with Crippen molar-refractivity contribution in [2.75, 3.05) is 7.05 Å². The molecule has 0 fully saturated rings. The summed E-state index contributed by atoms with van der Waals surface area (Å²) in [6, 6.07) is 0. The number of aryl methyl sites for hydroxylation is 2. The lowest BCUT2D eigenvalue weighted by Crippen LogP contribution is -2.36. The van der Waals surface area contributed by atoms with Gasteiger partial charge in [0.1, 0.15) is 11.6 Å². The molecule has 2 aromatic heterocycles. The zero-order valence-electron chi connectivity index (χ0n) is 14.3. The summed E-state index contributed by atoms with van der Waals surface area (Å²) in [5.41, 5.74) is 2.29. The monoisotopic (exact) mass is 315 g/mol. The second-order valence-electron chi connectivity index (χ2n) is 6.79. The number of amides is 1. The maximum Gasteiger partial charge on any atom is 0.226 e. The van der Waals surface area contributed by atoms with Crippen LogP contribution in [0.2, 0.25) is 0 Å². The van der Waals surface area contributed by atoms with E-state index in [1.54, 1.807) is 11.1 Å². The molecule has 2 heterocycles. The minimum absolute atomic E-state index is 0.0354. The first kappa shape index (κ1) is 15.8. The number of carbonyl (C=O) groups excluding carboxylic acids is 1. The van der Waals surface area contributed by atoms with Crippen LogP contribution in [0.1, 0.15) is 49.2 Å². The molecule has 0 spiro atoms. The quantitative estimate of drug-likeness (QED) is 0.939. The number of aromatic amines is 1. The SMILES string of the molecule is CC(C)c1nc2c([nH]1)CC(C(=O)N(C)Cc1nccn1C)CC2. The number of fused-ring (bicyclic) bond motifs is 1. The molecule has 0 radical (unpaired) electrons. The number of nitrogens with one attached hydrogen (secondary N) is 1. The molecule has 23 heavy (non-hydrogen) atoms. The molecule has 1 unspecified atom stereocenters. The van der Waals surface area contributed by atoms with Crippen LogP contribution in [0.15, 0.2) is 12.4 Å². The van der Waals surface area contributed by atoms with Gasteiger partial charge in [-0.3, -0.25) is 4.79 Å². The molecule has 0 aromatic carbocycles. The lowest BCUT2D eigenvalue weighted by atomic mass is 9.89. The number of rotatable bonds is 4. The molecule has 1 N–H and O–H groups in total. The minimum atomic E-state index is 0.0354. The maximum atomic E-state index is 12.7. The molecule has 124 valence electrons. The van der Waals surface area contributed by atoms with Crippen LogP contribution in [0.25, 0.3) is 0 Å². The van der Waals surface area contributed by atoms with Crippen molar-refractivity contribution in [2.45, 2.75) is 45.6 Å². The summed E-state index contributed by atoms with van der Waals surface area (Å²) < 4.78 is 1.95. The molecule has 6 nitrogen and oxygen atoms in total. The molecule has 0 saturated carbocycles. The fourth-order valence-electron chi connectivity index (χ4n) is 3.14. The summed E-state index contributed by atoms with van der Waals surface area (Å²) in [7, 11) is 3.81. The van der Waals surface area contributed by atoms with E-state index in [1.807, 2.05) is 24.9 Å². The summed E-state index contributed by atoms with van der Waals surface area (Å²) in [4.78, 5) is 26.9. The number of H-pyrrole nitrogens is 1. The first-order valence-corrected chi connectivity index (χ1v) is 8.24. The Hall–Kier alpha value is -2.11. The molecule has 1 aliphatic rings. The molecule has 1 aliphatic carbocycles. The smallest absolute Gasteiger partial charge is 0.226 e. The van der Waals surface area contributed by atoms with E-state index in [-0.39, 0.29) is 11.8 Å². The van der Waals surface area contributed by atoms with Gasteiger partial charge in [0, 0.05) is 50.4 Å². The molecule has 6 heteroatoms. The summed E-state index contributed by atoms with van der Waals surface area (Å²) in [5.74, 6) is 2.55. The van der Waals surface area contributed by atoms with E-state index in [1.165, 1.54) is 0 Å². The predicted molar refractivity (Wildman–Crippen MR) is 87.9 cm³/mol. The first-order valence-electron chi connectivity index (χ1n) is 8.24. The largest absolute Gasteiger partial charge is 0.345 e. The second-order valence-corrected chi connectivity index (χ2v) is 6.79. The zero-order valence-corrected chi connectivity index (χ0v) is 14.3. The highest BCUT2D eigenvalue weighted by Gasteiger charge is 2.29. The highest BCUT2D eigenvalue weighted by atomic mass is 16.2. The van der Waals surface area contributed by atoms with Gasteiger partial charge in [0.2, 0.25) is 5.91 Å². The van der Waals surface area contributed by atoms with Crippen molar-refractivity contribution in [1.82, 2.24) is 24.4 Å². The van der Waals surface area contributed by atoms with Crippen molar-refractivity contribution >= 4 is 5.91 Å². The Bertz CT molecular complexity index is 700. The standard InChI is InChI=1S/C17H25N5O/c1-11(2)16-19-13-6-5-12(9-14(13)20-16)17(23)22(4)10-15-18-7-8-21(15)3/h7-8,11-12H,5-6,9-10H2,1-4H3,(H,19,20). The van der Waals surface area contributed by atoms with Crippen molar-refractivity contribution in [3.05, 3.63) is 35.4 Å². The van der Waals surface area contributed by atoms with Crippen molar-refractivity contribution in [3.63, 3.8) is 0 Å². The van der Waals surface area contributed by atoms with E-state index in [0.29, 0.717) is 12.5 Å². The van der Waals surface area contributed by atoms with Crippen LogP contribution < -0.4 is 0 Å². The summed E-state index contributed by atoms with van der Waals surface area (Å²) in [6.45, 7) is 4.81. The lowest BCUT2D eigenvalue weighted by molar-refractivity contribution is -0.135. The van der Waals surface area contributed by atoms with Crippen molar-refractivity contribution in [1.29, 1.82) is 0 Å². The van der Waals surface area contributed by atoms with Crippen LogP contribution in [-0.4, -0.2) is 37.4 Å². The third kappa shape index (κ3) is 3.16. The van der Waals surface area contributed by atoms with Crippen molar-refractivity contribution < 1.29 is 4.79 Å². The Balaban J connectivity index is 1.67. The summed E-state index contributed by atoms with van der Waals surface area (Å²) in [5, 5.41) is 0. The third-order valence-electron chi connectivity index (χ3n) is 4.63. The van der Waals surface area contributed by atoms with Gasteiger partial charge in [-0.25, -0.2) is 9.97 Å². The van der Waals surface area contributed by atoms with E-state index < -0.39 is 0 Å². The zero-order chi connectivity index (χ0) is 16.6. The van der Waals surface area contributed by atoms with E-state index in [2.05, 4.69) is 28.8 Å². The van der Waals surface area contributed by atoms with Gasteiger partial charge in [-0.15, -0.1) is 0 Å². The Morgan fingerprint density at radius 1 is 1.52 bits per heavy atom. The van der Waals surface area contributed by atoms with Crippen LogP contribution in [0.5, 0.6) is 0 Å². The van der Waals surface area contributed by atoms with E-state index in [4.69, 9.17) is 0 Å². The lowest BCUT2D eigenvalue weighted by Gasteiger charge is -2.26. The topological polar surface area (TPSA) is 66.8 Å². The molecule has 0 bridgehead atoms. The van der Waals surface area contributed by atoms with Gasteiger partial charge in [-0.1, -0.05) is 13.8 Å². The average Bonchev–Trinajstić information content (AvgIpc) is 3.12. The van der Waals surface area contributed by atoms with Gasteiger partial charge < -0.3 is 14.5 Å². The van der Waals surface area contributed by atoms with Crippen LogP contribution >= 0.6 is 0 Å². The molecule has 0 saturated heterocycles. The number of hydrogen-bond acceptors (Lipinski definition) is 3. The fourth-order valence-corrected chi connectivity index (χ4v) is 3.14. The molecule has 1 atom stereocenters. The number of hydrogen-bond donors (Lipinski definition) is 1. The molecular formula is C17H25N5O. The van der Waals surface area contributed by atoms with Crippen molar-refractivity contribution in [3.8, 4) is 0 Å². The minimum Gasteiger partial charge on any atom is -0.345 e. The van der Waals surface area contributed by atoms with Crippen LogP contribution in [0, 0.1) is 5.92 Å². The third-order valence-corrected chi connectivity index (χ3v) is 4.63. The Morgan fingerprint density at radius 2 is 2.30 bits per heavy atom. The van der Waals surface area contributed by atoms with Crippen LogP contribution in [-0.2, 0) is 31.2 Å². The molecule has 0 aliphatic heterocycles. The van der Waals surface area contributed by atoms with Gasteiger partial charge in [0.05, 0.1) is 12.2 Å². The van der Waals surface area contributed by atoms with Gasteiger partial charge >= 0.3 is 0 Å². The average molecular weight is 315 g/mol. The second kappa shape index (κ2) is 6.18. The molecule has 1 amide bonds. The highest BCUT2D eigenvalue weighted by molar-refractivity contribution is 5.79. The summed E-state index contributed by atoms with van der Waals surface area (Å²) >= 11 is 0. The normalized spacial score (nSPS) is 17.3. The fraction of sp³-hybridized carbons (Fsp3) is 0.588. The molecule has 3 rings (SSSR count). The van der Waals surface area contributed by atoms with E-state index in [0.717, 1.165) is 42.3 Å². The van der Waals surface area contributed by atoms with E-state index in [9.17, 15) is 4.79 Å². The predicted octanol–water partition coefficient (Wildman–Crippen LogP) is 2.03. The summed E-state index contributed by atoms with van der Waals surface area (Å²) in [6.07, 6.45) is 6.18. The van der Waals surface area contributed by atoms with Gasteiger partial charge in [-0.2, -0.15) is 0 Å². The number of imidazole rings is 2. The van der Waals surface area contributed by atoms with Crippen molar-refractivity contribution in [2.24, 2.45) is 13.0 Å². The number of carbonyl (C=O) groups is 1. The maximum absolute atomic E-state index is 12.7.